The number of nitrogen functional groups attached to an aromatic ring is 1. The van der Waals surface area contributed by atoms with Gasteiger partial charge in [0.2, 0.25) is 0 Å². The van der Waals surface area contributed by atoms with Crippen molar-refractivity contribution in [2.45, 2.75) is 0 Å². The molecule has 0 amide bonds. The molecule has 2 aromatic rings. The predicted octanol–water partition coefficient (Wildman–Crippen LogP) is 1.96. The van der Waals surface area contributed by atoms with E-state index in [0.29, 0.717) is 11.1 Å². The Labute approximate surface area is 68.8 Å². The molecule has 0 bridgehead atoms. The summed E-state index contributed by atoms with van der Waals surface area (Å²) >= 11 is 0. The van der Waals surface area contributed by atoms with E-state index in [2.05, 4.69) is 4.98 Å². The molecule has 2 nitrogen and oxygen atoms in total. The predicted molar refractivity (Wildman–Crippen MR) is 46.1 cm³/mol. The lowest BCUT2D eigenvalue weighted by molar-refractivity contribution is 0.629. The number of hydrogen-bond donors (Lipinski definition) is 1. The Balaban J connectivity index is 2.88. The highest BCUT2D eigenvalue weighted by atomic mass is 19.1. The second-order valence-electron chi connectivity index (χ2n) is 2.56. The molecule has 12 heavy (non-hydrogen) atoms. The molecule has 0 radical (unpaired) electrons. The summed E-state index contributed by atoms with van der Waals surface area (Å²) in [6.45, 7) is 0. The van der Waals surface area contributed by atoms with Gasteiger partial charge in [0.1, 0.15) is 5.82 Å². The average molecular weight is 162 g/mol. The molecule has 0 atom stereocenters. The van der Waals surface area contributed by atoms with Crippen LogP contribution in [0.1, 0.15) is 0 Å². The summed E-state index contributed by atoms with van der Waals surface area (Å²) in [4.78, 5) is 4.04. The van der Waals surface area contributed by atoms with Gasteiger partial charge in [0.05, 0.1) is 5.52 Å². The molecule has 0 aliphatic rings. The Hall–Kier alpha value is -1.64. The first-order valence-corrected chi connectivity index (χ1v) is 3.57. The topological polar surface area (TPSA) is 38.9 Å². The van der Waals surface area contributed by atoms with Crippen molar-refractivity contribution >= 4 is 16.6 Å². The van der Waals surface area contributed by atoms with Crippen molar-refractivity contribution in [3.63, 3.8) is 0 Å². The maximum atomic E-state index is 12.7. The van der Waals surface area contributed by atoms with Gasteiger partial charge in [-0.1, -0.05) is 0 Å². The van der Waals surface area contributed by atoms with Crippen molar-refractivity contribution < 1.29 is 4.39 Å². The number of hydrogen-bond acceptors (Lipinski definition) is 2. The van der Waals surface area contributed by atoms with Crippen LogP contribution in [-0.4, -0.2) is 4.98 Å². The third-order valence-electron chi connectivity index (χ3n) is 1.74. The van der Waals surface area contributed by atoms with Crippen LogP contribution in [0.3, 0.4) is 0 Å². The lowest BCUT2D eigenvalue weighted by Gasteiger charge is -1.99. The maximum Gasteiger partial charge on any atom is 0.124 e. The Morgan fingerprint density at radius 1 is 1.25 bits per heavy atom. The zero-order valence-corrected chi connectivity index (χ0v) is 6.29. The summed E-state index contributed by atoms with van der Waals surface area (Å²) in [5.74, 6) is -0.290. The molecule has 1 aromatic carbocycles. The van der Waals surface area contributed by atoms with Gasteiger partial charge in [0, 0.05) is 17.3 Å². The van der Waals surface area contributed by atoms with Gasteiger partial charge >= 0.3 is 0 Å². The third kappa shape index (κ3) is 0.993. The molecule has 0 spiro atoms. The van der Waals surface area contributed by atoms with Crippen molar-refractivity contribution in [2.24, 2.45) is 0 Å². The molecular weight excluding hydrogens is 155 g/mol. The number of halogens is 1. The van der Waals surface area contributed by atoms with Gasteiger partial charge in [0.25, 0.3) is 0 Å². The fraction of sp³-hybridized carbons (Fsp3) is 0. The second-order valence-corrected chi connectivity index (χ2v) is 2.56. The second kappa shape index (κ2) is 2.44. The van der Waals surface area contributed by atoms with E-state index in [4.69, 9.17) is 5.73 Å². The molecule has 0 saturated carbocycles. The van der Waals surface area contributed by atoms with E-state index in [1.54, 1.807) is 18.3 Å². The SMILES string of the molecule is Nc1ccnc2ccc(F)cc12. The largest absolute Gasteiger partial charge is 0.398 e. The Bertz CT molecular complexity index is 426. The number of nitrogens with two attached hydrogens (primary N) is 1. The van der Waals surface area contributed by atoms with E-state index < -0.39 is 0 Å². The number of benzene rings is 1. The molecule has 2 rings (SSSR count). The van der Waals surface area contributed by atoms with Crippen LogP contribution >= 0.6 is 0 Å². The van der Waals surface area contributed by atoms with Gasteiger partial charge in [-0.15, -0.1) is 0 Å². The molecule has 0 fully saturated rings. The maximum absolute atomic E-state index is 12.7. The van der Waals surface area contributed by atoms with Gasteiger partial charge in [-0.3, -0.25) is 4.98 Å². The third-order valence-corrected chi connectivity index (χ3v) is 1.74. The van der Waals surface area contributed by atoms with E-state index in [1.165, 1.54) is 12.1 Å². The number of aromatic nitrogens is 1. The van der Waals surface area contributed by atoms with Crippen LogP contribution in [0.15, 0.2) is 30.5 Å². The first kappa shape index (κ1) is 7.03. The minimum atomic E-state index is -0.290. The molecule has 0 aliphatic heterocycles. The minimum absolute atomic E-state index is 0.290. The van der Waals surface area contributed by atoms with Crippen molar-refractivity contribution in [1.29, 1.82) is 0 Å². The van der Waals surface area contributed by atoms with Crippen LogP contribution < -0.4 is 5.73 Å². The summed E-state index contributed by atoms with van der Waals surface area (Å²) in [5, 5.41) is 0.664. The normalized spacial score (nSPS) is 10.4. The highest BCUT2D eigenvalue weighted by Crippen LogP contribution is 2.18. The lowest BCUT2D eigenvalue weighted by atomic mass is 10.2. The monoisotopic (exact) mass is 162 g/mol. The van der Waals surface area contributed by atoms with Gasteiger partial charge in [0.15, 0.2) is 0 Å². The number of anilines is 1. The molecule has 60 valence electrons. The zero-order valence-electron chi connectivity index (χ0n) is 6.29. The van der Waals surface area contributed by atoms with E-state index in [1.807, 2.05) is 0 Å². The van der Waals surface area contributed by atoms with Gasteiger partial charge in [-0.2, -0.15) is 0 Å². The summed E-state index contributed by atoms with van der Waals surface area (Å²) in [7, 11) is 0. The van der Waals surface area contributed by atoms with Crippen molar-refractivity contribution in [1.82, 2.24) is 4.98 Å². The van der Waals surface area contributed by atoms with Crippen LogP contribution in [-0.2, 0) is 0 Å². The Morgan fingerprint density at radius 2 is 2.08 bits per heavy atom. The fourth-order valence-corrected chi connectivity index (χ4v) is 1.14. The number of nitrogens with zero attached hydrogens (tertiary/aromatic N) is 1. The lowest BCUT2D eigenvalue weighted by Crippen LogP contribution is -1.88. The molecule has 1 heterocycles. The highest BCUT2D eigenvalue weighted by molar-refractivity contribution is 5.89. The molecule has 0 unspecified atom stereocenters. The molecular formula is C9H7FN2. The molecule has 0 saturated heterocycles. The van der Waals surface area contributed by atoms with E-state index >= 15 is 0 Å². The highest BCUT2D eigenvalue weighted by Gasteiger charge is 1.98. The van der Waals surface area contributed by atoms with Gasteiger partial charge in [-0.25, -0.2) is 4.39 Å². The smallest absolute Gasteiger partial charge is 0.124 e. The minimum Gasteiger partial charge on any atom is -0.398 e. The van der Waals surface area contributed by atoms with Gasteiger partial charge in [-0.05, 0) is 24.3 Å². The first-order valence-electron chi connectivity index (χ1n) is 3.57. The summed E-state index contributed by atoms with van der Waals surface area (Å²) in [6, 6.07) is 6.02. The molecule has 2 N–H and O–H groups in total. The number of rotatable bonds is 0. The van der Waals surface area contributed by atoms with Crippen LogP contribution in [0.2, 0.25) is 0 Å². The number of pyridine rings is 1. The van der Waals surface area contributed by atoms with Crippen molar-refractivity contribution in [2.75, 3.05) is 5.73 Å². The van der Waals surface area contributed by atoms with Crippen LogP contribution in [0.4, 0.5) is 10.1 Å². The first-order chi connectivity index (χ1) is 5.77. The molecule has 0 aliphatic carbocycles. The van der Waals surface area contributed by atoms with E-state index in [-0.39, 0.29) is 5.82 Å². The molecule has 3 heteroatoms. The Morgan fingerprint density at radius 3 is 2.92 bits per heavy atom. The summed E-state index contributed by atoms with van der Waals surface area (Å²) < 4.78 is 12.7. The summed E-state index contributed by atoms with van der Waals surface area (Å²) in [6.07, 6.45) is 1.61. The van der Waals surface area contributed by atoms with E-state index in [9.17, 15) is 4.39 Å². The number of fused-ring (bicyclic) bond motifs is 1. The zero-order chi connectivity index (χ0) is 8.55. The van der Waals surface area contributed by atoms with Crippen LogP contribution in [0.25, 0.3) is 10.9 Å². The average Bonchev–Trinajstić information content (AvgIpc) is 2.07. The molecule has 1 aromatic heterocycles. The Kier molecular flexibility index (Phi) is 1.43. The van der Waals surface area contributed by atoms with Crippen molar-refractivity contribution in [3.05, 3.63) is 36.3 Å². The standard InChI is InChI=1S/C9H7FN2/c10-6-1-2-9-7(5-6)8(11)3-4-12-9/h1-5H,(H2,11,12). The van der Waals surface area contributed by atoms with Gasteiger partial charge < -0.3 is 5.73 Å². The fourth-order valence-electron chi connectivity index (χ4n) is 1.14. The van der Waals surface area contributed by atoms with Crippen molar-refractivity contribution in [3.8, 4) is 0 Å². The van der Waals surface area contributed by atoms with Crippen LogP contribution in [0, 0.1) is 5.82 Å². The summed E-state index contributed by atoms with van der Waals surface area (Å²) in [5.41, 5.74) is 6.89. The van der Waals surface area contributed by atoms with Crippen LogP contribution in [0.5, 0.6) is 0 Å². The van der Waals surface area contributed by atoms with E-state index in [0.717, 1.165) is 5.52 Å². The quantitative estimate of drug-likeness (QED) is 0.643.